The molecule has 0 spiro atoms. The normalized spacial score (nSPS) is 11.9. The van der Waals surface area contributed by atoms with Crippen LogP contribution in [0.25, 0.3) is 5.69 Å². The lowest BCUT2D eigenvalue weighted by molar-refractivity contribution is -0.384. The van der Waals surface area contributed by atoms with Crippen molar-refractivity contribution in [3.8, 4) is 11.4 Å². The van der Waals surface area contributed by atoms with E-state index in [9.17, 15) is 23.7 Å². The van der Waals surface area contributed by atoms with Gasteiger partial charge in [-0.2, -0.15) is 13.9 Å². The summed E-state index contributed by atoms with van der Waals surface area (Å²) in [4.78, 5) is 22.8. The first-order chi connectivity index (χ1) is 13.8. The van der Waals surface area contributed by atoms with E-state index in [-0.39, 0.29) is 17.1 Å². The first-order valence-corrected chi connectivity index (χ1v) is 8.49. The minimum Gasteiger partial charge on any atom is -0.435 e. The van der Waals surface area contributed by atoms with Crippen LogP contribution in [0.4, 0.5) is 14.5 Å². The van der Waals surface area contributed by atoms with Crippen LogP contribution < -0.4 is 10.1 Å². The maximum Gasteiger partial charge on any atom is 0.387 e. The molecule has 1 unspecified atom stereocenters. The summed E-state index contributed by atoms with van der Waals surface area (Å²) in [6, 6.07) is 12.8. The van der Waals surface area contributed by atoms with E-state index >= 15 is 0 Å². The van der Waals surface area contributed by atoms with E-state index < -0.39 is 23.5 Å². The van der Waals surface area contributed by atoms with E-state index in [1.165, 1.54) is 47.3 Å². The highest BCUT2D eigenvalue weighted by molar-refractivity contribution is 5.92. The minimum absolute atomic E-state index is 0.00597. The van der Waals surface area contributed by atoms with E-state index in [1.807, 2.05) is 0 Å². The highest BCUT2D eigenvalue weighted by atomic mass is 19.3. The molecule has 0 radical (unpaired) electrons. The van der Waals surface area contributed by atoms with Crippen molar-refractivity contribution in [1.82, 2.24) is 15.1 Å². The molecule has 0 aliphatic carbocycles. The molecule has 0 fully saturated rings. The van der Waals surface area contributed by atoms with Crippen molar-refractivity contribution in [2.75, 3.05) is 0 Å². The highest BCUT2D eigenvalue weighted by Gasteiger charge is 2.16. The third kappa shape index (κ3) is 4.92. The Kier molecular flexibility index (Phi) is 5.82. The molecule has 2 aromatic carbocycles. The molecule has 3 rings (SSSR count). The number of nitro groups is 1. The molecule has 1 N–H and O–H groups in total. The summed E-state index contributed by atoms with van der Waals surface area (Å²) >= 11 is 0. The summed E-state index contributed by atoms with van der Waals surface area (Å²) in [5.41, 5.74) is 1.02. The van der Waals surface area contributed by atoms with E-state index in [4.69, 9.17) is 0 Å². The summed E-state index contributed by atoms with van der Waals surface area (Å²) in [5, 5.41) is 17.8. The predicted octanol–water partition coefficient (Wildman–Crippen LogP) is 3.87. The third-order valence-electron chi connectivity index (χ3n) is 4.06. The maximum absolute atomic E-state index is 12.5. The Labute approximate surface area is 163 Å². The SMILES string of the molecule is CC(NC(=O)c1ccn(-c2cccc([N+](=O)[O-])c2)n1)c1cccc(OC(F)F)c1. The van der Waals surface area contributed by atoms with Gasteiger partial charge in [-0.15, -0.1) is 0 Å². The second kappa shape index (κ2) is 8.46. The number of nitrogens with zero attached hydrogens (tertiary/aromatic N) is 3. The van der Waals surface area contributed by atoms with Crippen molar-refractivity contribution in [3.63, 3.8) is 0 Å². The number of rotatable bonds is 7. The highest BCUT2D eigenvalue weighted by Crippen LogP contribution is 2.21. The maximum atomic E-state index is 12.5. The molecule has 1 amide bonds. The summed E-state index contributed by atoms with van der Waals surface area (Å²) < 4.78 is 30.4. The van der Waals surface area contributed by atoms with Gasteiger partial charge in [0.25, 0.3) is 11.6 Å². The standard InChI is InChI=1S/C19H16F2N4O4/c1-12(13-4-2-7-16(10-13)29-19(20)21)22-18(26)17-8-9-24(23-17)14-5-3-6-15(11-14)25(27)28/h2-12,19H,1H3,(H,22,26). The average Bonchev–Trinajstić information content (AvgIpc) is 3.18. The van der Waals surface area contributed by atoms with Crippen LogP contribution in [-0.4, -0.2) is 27.2 Å². The Balaban J connectivity index is 1.72. The molecular formula is C19H16F2N4O4. The number of aromatic nitrogens is 2. The van der Waals surface area contributed by atoms with Crippen LogP contribution in [0.15, 0.2) is 60.8 Å². The molecule has 0 aliphatic rings. The largest absolute Gasteiger partial charge is 0.435 e. The molecule has 1 atom stereocenters. The topological polar surface area (TPSA) is 99.3 Å². The van der Waals surface area contributed by atoms with Gasteiger partial charge in [-0.25, -0.2) is 4.68 Å². The van der Waals surface area contributed by atoms with Crippen LogP contribution in [0.2, 0.25) is 0 Å². The van der Waals surface area contributed by atoms with Crippen molar-refractivity contribution < 1.29 is 23.2 Å². The quantitative estimate of drug-likeness (QED) is 0.478. The van der Waals surface area contributed by atoms with Crippen LogP contribution >= 0.6 is 0 Å². The average molecular weight is 402 g/mol. The number of carbonyl (C=O) groups is 1. The molecule has 150 valence electrons. The Hall–Kier alpha value is -3.82. The van der Waals surface area contributed by atoms with Crippen LogP contribution in [-0.2, 0) is 0 Å². The summed E-state index contributed by atoms with van der Waals surface area (Å²) in [6.07, 6.45) is 1.51. The second-order valence-electron chi connectivity index (χ2n) is 6.07. The Morgan fingerprint density at radius 2 is 1.97 bits per heavy atom. The van der Waals surface area contributed by atoms with Gasteiger partial charge in [0.15, 0.2) is 5.69 Å². The lowest BCUT2D eigenvalue weighted by Crippen LogP contribution is -2.27. The molecule has 3 aromatic rings. The van der Waals surface area contributed by atoms with E-state index in [0.717, 1.165) is 0 Å². The molecular weight excluding hydrogens is 386 g/mol. The molecule has 0 saturated heterocycles. The number of hydrogen-bond acceptors (Lipinski definition) is 5. The summed E-state index contributed by atoms with van der Waals surface area (Å²) in [7, 11) is 0. The fraction of sp³-hybridized carbons (Fsp3) is 0.158. The molecule has 0 aliphatic heterocycles. The van der Waals surface area contributed by atoms with Gasteiger partial charge in [-0.05, 0) is 36.8 Å². The molecule has 0 saturated carbocycles. The molecule has 29 heavy (non-hydrogen) atoms. The van der Waals surface area contributed by atoms with Gasteiger partial charge in [0.05, 0.1) is 16.7 Å². The van der Waals surface area contributed by atoms with Gasteiger partial charge in [-0.3, -0.25) is 14.9 Å². The van der Waals surface area contributed by atoms with Crippen molar-refractivity contribution in [1.29, 1.82) is 0 Å². The van der Waals surface area contributed by atoms with Crippen LogP contribution in [0.3, 0.4) is 0 Å². The third-order valence-corrected chi connectivity index (χ3v) is 4.06. The Morgan fingerprint density at radius 3 is 2.69 bits per heavy atom. The number of ether oxygens (including phenoxy) is 1. The Bertz CT molecular complexity index is 1040. The molecule has 0 bridgehead atoms. The number of halogens is 2. The monoisotopic (exact) mass is 402 g/mol. The number of amides is 1. The van der Waals surface area contributed by atoms with E-state index in [1.54, 1.807) is 25.1 Å². The number of carbonyl (C=O) groups excluding carboxylic acids is 1. The lowest BCUT2D eigenvalue weighted by Gasteiger charge is -2.14. The van der Waals surface area contributed by atoms with Crippen molar-refractivity contribution in [2.24, 2.45) is 0 Å². The number of nitrogens with one attached hydrogen (secondary N) is 1. The lowest BCUT2D eigenvalue weighted by atomic mass is 10.1. The van der Waals surface area contributed by atoms with Crippen molar-refractivity contribution in [2.45, 2.75) is 19.6 Å². The molecule has 1 aromatic heterocycles. The zero-order valence-electron chi connectivity index (χ0n) is 15.2. The van der Waals surface area contributed by atoms with Gasteiger partial charge in [0, 0.05) is 18.3 Å². The first-order valence-electron chi connectivity index (χ1n) is 8.49. The number of hydrogen-bond donors (Lipinski definition) is 1. The second-order valence-corrected chi connectivity index (χ2v) is 6.07. The minimum atomic E-state index is -2.94. The number of alkyl halides is 2. The predicted molar refractivity (Wildman–Crippen MR) is 99.2 cm³/mol. The Morgan fingerprint density at radius 1 is 1.21 bits per heavy atom. The summed E-state index contributed by atoms with van der Waals surface area (Å²) in [6.45, 7) is -1.25. The zero-order chi connectivity index (χ0) is 21.0. The fourth-order valence-corrected chi connectivity index (χ4v) is 2.65. The van der Waals surface area contributed by atoms with Gasteiger partial charge in [0.1, 0.15) is 5.75 Å². The van der Waals surface area contributed by atoms with Gasteiger partial charge in [-0.1, -0.05) is 18.2 Å². The van der Waals surface area contributed by atoms with Crippen LogP contribution in [0.5, 0.6) is 5.75 Å². The van der Waals surface area contributed by atoms with E-state index in [0.29, 0.717) is 11.3 Å². The zero-order valence-corrected chi connectivity index (χ0v) is 15.2. The molecule has 8 nitrogen and oxygen atoms in total. The smallest absolute Gasteiger partial charge is 0.387 e. The molecule has 10 heteroatoms. The van der Waals surface area contributed by atoms with E-state index in [2.05, 4.69) is 15.2 Å². The van der Waals surface area contributed by atoms with Gasteiger partial charge >= 0.3 is 6.61 Å². The van der Waals surface area contributed by atoms with Crippen molar-refractivity contribution >= 4 is 11.6 Å². The van der Waals surface area contributed by atoms with Crippen LogP contribution in [0.1, 0.15) is 29.0 Å². The number of benzene rings is 2. The summed E-state index contributed by atoms with van der Waals surface area (Å²) in [5.74, 6) is -0.490. The molecule has 1 heterocycles. The fourth-order valence-electron chi connectivity index (χ4n) is 2.65. The van der Waals surface area contributed by atoms with Gasteiger partial charge < -0.3 is 10.1 Å². The number of nitro benzene ring substituents is 1. The first kappa shape index (κ1) is 19.9. The van der Waals surface area contributed by atoms with Gasteiger partial charge in [0.2, 0.25) is 0 Å². The van der Waals surface area contributed by atoms with Crippen molar-refractivity contribution in [3.05, 3.63) is 82.2 Å². The van der Waals surface area contributed by atoms with Crippen LogP contribution in [0, 0.1) is 10.1 Å². The number of non-ortho nitro benzene ring substituents is 1.